The van der Waals surface area contributed by atoms with Crippen molar-refractivity contribution < 1.29 is 0 Å². The molecule has 0 spiro atoms. The second-order valence-electron chi connectivity index (χ2n) is 2.18. The molecule has 11 heavy (non-hydrogen) atoms. The highest BCUT2D eigenvalue weighted by Gasteiger charge is 1.96. The van der Waals surface area contributed by atoms with Gasteiger partial charge in [-0.1, -0.05) is 0 Å². The molecule has 0 amide bonds. The Hall–Kier alpha value is -1.69. The van der Waals surface area contributed by atoms with E-state index >= 15 is 0 Å². The van der Waals surface area contributed by atoms with Crippen LogP contribution in [0.3, 0.4) is 0 Å². The molecule has 2 aromatic heterocycles. The van der Waals surface area contributed by atoms with Gasteiger partial charge in [0.1, 0.15) is 17.4 Å². The SMILES string of the molecule is Cc1ncnc2c#ccnc12. The highest BCUT2D eigenvalue weighted by Crippen LogP contribution is 2.05. The van der Waals surface area contributed by atoms with Crippen LogP contribution >= 0.6 is 0 Å². The topological polar surface area (TPSA) is 38.7 Å². The maximum Gasteiger partial charge on any atom is 0.142 e. The molecule has 0 radical (unpaired) electrons. The van der Waals surface area contributed by atoms with Crippen molar-refractivity contribution in [2.45, 2.75) is 6.92 Å². The molecule has 0 aliphatic heterocycles. The summed E-state index contributed by atoms with van der Waals surface area (Å²) in [5.74, 6) is 0. The zero-order valence-electron chi connectivity index (χ0n) is 6.00. The molecule has 3 heteroatoms. The number of hydrogen-bond acceptors (Lipinski definition) is 3. The lowest BCUT2D eigenvalue weighted by atomic mass is 10.3. The molecule has 0 aliphatic rings. The van der Waals surface area contributed by atoms with E-state index in [1.807, 2.05) is 6.92 Å². The minimum absolute atomic E-state index is 0.722. The van der Waals surface area contributed by atoms with Gasteiger partial charge in [0.25, 0.3) is 0 Å². The van der Waals surface area contributed by atoms with Crippen LogP contribution in [0.25, 0.3) is 11.0 Å². The summed E-state index contributed by atoms with van der Waals surface area (Å²) in [5, 5.41) is 0. The predicted octanol–water partition coefficient (Wildman–Crippen LogP) is 0.934. The highest BCUT2D eigenvalue weighted by molar-refractivity contribution is 5.73. The molecule has 2 heterocycles. The average Bonchev–Trinajstić information content (AvgIpc) is 2.06. The van der Waals surface area contributed by atoms with Crippen molar-refractivity contribution in [3.63, 3.8) is 0 Å². The maximum absolute atomic E-state index is 4.07. The zero-order valence-corrected chi connectivity index (χ0v) is 6.00. The van der Waals surface area contributed by atoms with E-state index in [-0.39, 0.29) is 0 Å². The Balaban J connectivity index is 2.91. The van der Waals surface area contributed by atoms with Crippen LogP contribution in [0.2, 0.25) is 0 Å². The Morgan fingerprint density at radius 1 is 1.27 bits per heavy atom. The van der Waals surface area contributed by atoms with Gasteiger partial charge >= 0.3 is 0 Å². The van der Waals surface area contributed by atoms with Gasteiger partial charge in [0.05, 0.1) is 11.9 Å². The zero-order chi connectivity index (χ0) is 7.68. The summed E-state index contributed by atoms with van der Waals surface area (Å²) < 4.78 is 0. The molecule has 0 aliphatic carbocycles. The summed E-state index contributed by atoms with van der Waals surface area (Å²) in [6, 6.07) is 5.59. The van der Waals surface area contributed by atoms with E-state index in [0.717, 1.165) is 16.7 Å². The fraction of sp³-hybridized carbons (Fsp3) is 0.125. The quantitative estimate of drug-likeness (QED) is 0.550. The molecule has 3 nitrogen and oxygen atoms in total. The van der Waals surface area contributed by atoms with Crippen LogP contribution in [0.1, 0.15) is 5.69 Å². The van der Waals surface area contributed by atoms with Gasteiger partial charge in [0, 0.05) is 0 Å². The van der Waals surface area contributed by atoms with E-state index in [9.17, 15) is 0 Å². The molecule has 0 unspecified atom stereocenters. The monoisotopic (exact) mass is 143 g/mol. The number of fused-ring (bicyclic) bond motifs is 1. The Bertz CT molecular complexity index is 378. The number of aromatic nitrogens is 3. The Kier molecular flexibility index (Phi) is 1.19. The Morgan fingerprint density at radius 3 is 3.00 bits per heavy atom. The lowest BCUT2D eigenvalue weighted by molar-refractivity contribution is 1.13. The molecule has 0 N–H and O–H groups in total. The van der Waals surface area contributed by atoms with Gasteiger partial charge < -0.3 is 0 Å². The van der Waals surface area contributed by atoms with E-state index in [4.69, 9.17) is 0 Å². The molecule has 0 fully saturated rings. The molecule has 0 saturated heterocycles. The lowest BCUT2D eigenvalue weighted by Crippen LogP contribution is -1.87. The first-order valence-corrected chi connectivity index (χ1v) is 3.23. The van der Waals surface area contributed by atoms with Crippen molar-refractivity contribution in [1.82, 2.24) is 15.0 Å². The molecular weight excluding hydrogens is 138 g/mol. The summed E-state index contributed by atoms with van der Waals surface area (Å²) in [6.45, 7) is 1.89. The summed E-state index contributed by atoms with van der Waals surface area (Å²) in [6.07, 6.45) is 3.07. The van der Waals surface area contributed by atoms with Gasteiger partial charge in [-0.2, -0.15) is 0 Å². The molecular formula is C8H5N3. The van der Waals surface area contributed by atoms with Crippen LogP contribution in [0.4, 0.5) is 0 Å². The summed E-state index contributed by atoms with van der Waals surface area (Å²) in [4.78, 5) is 12.1. The van der Waals surface area contributed by atoms with Crippen molar-refractivity contribution in [3.05, 3.63) is 30.4 Å². The average molecular weight is 143 g/mol. The second-order valence-corrected chi connectivity index (χ2v) is 2.18. The fourth-order valence-electron chi connectivity index (χ4n) is 0.910. The third-order valence-corrected chi connectivity index (χ3v) is 1.45. The van der Waals surface area contributed by atoms with Gasteiger partial charge in [-0.25, -0.2) is 15.0 Å². The summed E-state index contributed by atoms with van der Waals surface area (Å²) in [7, 11) is 0. The molecule has 0 atom stereocenters. The van der Waals surface area contributed by atoms with Crippen LogP contribution in [0.5, 0.6) is 0 Å². The summed E-state index contributed by atoms with van der Waals surface area (Å²) >= 11 is 0. The highest BCUT2D eigenvalue weighted by atomic mass is 14.9. The van der Waals surface area contributed by atoms with Crippen molar-refractivity contribution >= 4 is 11.0 Å². The number of aryl methyl sites for hydroxylation is 1. The van der Waals surface area contributed by atoms with Gasteiger partial charge in [0.2, 0.25) is 0 Å². The molecule has 0 aromatic carbocycles. The minimum Gasteiger partial charge on any atom is -0.243 e. The van der Waals surface area contributed by atoms with Gasteiger partial charge in [-0.15, -0.1) is 0 Å². The molecule has 2 rings (SSSR count). The number of rotatable bonds is 0. The Morgan fingerprint density at radius 2 is 2.18 bits per heavy atom. The smallest absolute Gasteiger partial charge is 0.142 e. The lowest BCUT2D eigenvalue weighted by Gasteiger charge is -1.92. The van der Waals surface area contributed by atoms with E-state index in [1.54, 1.807) is 6.20 Å². The third-order valence-electron chi connectivity index (χ3n) is 1.45. The van der Waals surface area contributed by atoms with Crippen LogP contribution in [0, 0.1) is 19.1 Å². The van der Waals surface area contributed by atoms with Crippen LogP contribution in [-0.2, 0) is 0 Å². The minimum atomic E-state index is 0.722. The van der Waals surface area contributed by atoms with E-state index in [1.165, 1.54) is 6.33 Å². The van der Waals surface area contributed by atoms with Crippen LogP contribution in [0.15, 0.2) is 12.5 Å². The Labute approximate surface area is 64.1 Å². The van der Waals surface area contributed by atoms with Crippen molar-refractivity contribution in [2.75, 3.05) is 0 Å². The second kappa shape index (κ2) is 2.17. The first kappa shape index (κ1) is 6.05. The third kappa shape index (κ3) is 0.887. The van der Waals surface area contributed by atoms with Crippen LogP contribution < -0.4 is 0 Å². The maximum atomic E-state index is 4.07. The van der Waals surface area contributed by atoms with Gasteiger partial charge in [0.15, 0.2) is 0 Å². The van der Waals surface area contributed by atoms with Crippen molar-refractivity contribution in [1.29, 1.82) is 0 Å². The summed E-state index contributed by atoms with van der Waals surface area (Å²) in [5.41, 5.74) is 2.39. The normalized spacial score (nSPS) is 9.55. The molecule has 52 valence electrons. The van der Waals surface area contributed by atoms with Crippen molar-refractivity contribution in [3.8, 4) is 0 Å². The first-order valence-electron chi connectivity index (χ1n) is 3.23. The first-order chi connectivity index (χ1) is 5.38. The predicted molar refractivity (Wildman–Crippen MR) is 39.7 cm³/mol. The van der Waals surface area contributed by atoms with E-state index < -0.39 is 0 Å². The standard InChI is InChI=1S/C8H5N3/c1-6-8-7(11-5-10-6)3-2-4-9-8/h4-5H,1H3. The van der Waals surface area contributed by atoms with Crippen molar-refractivity contribution in [2.24, 2.45) is 0 Å². The molecule has 2 aromatic rings. The van der Waals surface area contributed by atoms with Gasteiger partial charge in [-0.05, 0) is 19.1 Å². The number of nitrogens with zero attached hydrogens (tertiary/aromatic N) is 3. The van der Waals surface area contributed by atoms with E-state index in [2.05, 4.69) is 27.1 Å². The largest absolute Gasteiger partial charge is 0.243 e. The molecule has 0 saturated carbocycles. The van der Waals surface area contributed by atoms with Crippen LogP contribution in [-0.4, -0.2) is 15.0 Å². The van der Waals surface area contributed by atoms with E-state index in [0.29, 0.717) is 0 Å². The number of hydrogen-bond donors (Lipinski definition) is 0. The fourth-order valence-corrected chi connectivity index (χ4v) is 0.910. The molecule has 0 bridgehead atoms. The van der Waals surface area contributed by atoms with Gasteiger partial charge in [-0.3, -0.25) is 0 Å².